The number of benzene rings is 2. The molecule has 3 aromatic rings. The first-order chi connectivity index (χ1) is 11.5. The number of nitro benzene ring substituents is 1. The molecule has 7 nitrogen and oxygen atoms in total. The molecule has 0 aliphatic carbocycles. The van der Waals surface area contributed by atoms with Crippen LogP contribution in [0.2, 0.25) is 0 Å². The van der Waals surface area contributed by atoms with Crippen molar-refractivity contribution in [2.75, 3.05) is 0 Å². The monoisotopic (exact) mass is 325 g/mol. The highest BCUT2D eigenvalue weighted by Crippen LogP contribution is 2.26. The second-order valence-corrected chi connectivity index (χ2v) is 5.42. The Morgan fingerprint density at radius 2 is 1.88 bits per heavy atom. The van der Waals surface area contributed by atoms with Crippen LogP contribution in [0.5, 0.6) is 5.75 Å². The standard InChI is InChI=1S/C17H15N3O4/c1-11(2)23-15-5-3-4-13(10-15)17-18-16(19-24-17)12-6-8-14(9-7-12)20(21)22/h3-11H,1-2H3. The maximum atomic E-state index is 10.7. The molecule has 7 heteroatoms. The fourth-order valence-corrected chi connectivity index (χ4v) is 2.16. The van der Waals surface area contributed by atoms with Crippen molar-refractivity contribution in [3.63, 3.8) is 0 Å². The summed E-state index contributed by atoms with van der Waals surface area (Å²) in [6, 6.07) is 13.4. The summed E-state index contributed by atoms with van der Waals surface area (Å²) in [5.41, 5.74) is 1.40. The lowest BCUT2D eigenvalue weighted by atomic mass is 10.2. The summed E-state index contributed by atoms with van der Waals surface area (Å²) in [5.74, 6) is 1.45. The number of rotatable bonds is 5. The van der Waals surface area contributed by atoms with Crippen LogP contribution < -0.4 is 4.74 Å². The Balaban J connectivity index is 1.86. The van der Waals surface area contributed by atoms with Crippen LogP contribution in [0.15, 0.2) is 53.1 Å². The molecule has 1 aromatic heterocycles. The van der Waals surface area contributed by atoms with Crippen molar-refractivity contribution in [3.8, 4) is 28.6 Å². The molecule has 122 valence electrons. The highest BCUT2D eigenvalue weighted by atomic mass is 16.6. The average Bonchev–Trinajstić information content (AvgIpc) is 3.04. The minimum Gasteiger partial charge on any atom is -0.491 e. The van der Waals surface area contributed by atoms with Crippen molar-refractivity contribution in [2.45, 2.75) is 20.0 Å². The summed E-state index contributed by atoms with van der Waals surface area (Å²) in [4.78, 5) is 14.6. The van der Waals surface area contributed by atoms with E-state index in [1.165, 1.54) is 12.1 Å². The number of hydrogen-bond acceptors (Lipinski definition) is 6. The van der Waals surface area contributed by atoms with Crippen molar-refractivity contribution in [1.82, 2.24) is 10.1 Å². The first kappa shape index (κ1) is 15.7. The summed E-state index contributed by atoms with van der Waals surface area (Å²) in [6.45, 7) is 3.90. The zero-order valence-electron chi connectivity index (χ0n) is 13.2. The summed E-state index contributed by atoms with van der Waals surface area (Å²) >= 11 is 0. The smallest absolute Gasteiger partial charge is 0.269 e. The Bertz CT molecular complexity index is 856. The number of nitrogens with zero attached hydrogens (tertiary/aromatic N) is 3. The molecule has 0 spiro atoms. The molecule has 24 heavy (non-hydrogen) atoms. The second kappa shape index (κ2) is 6.49. The van der Waals surface area contributed by atoms with Crippen molar-refractivity contribution in [1.29, 1.82) is 0 Å². The lowest BCUT2D eigenvalue weighted by molar-refractivity contribution is -0.384. The van der Waals surface area contributed by atoms with Gasteiger partial charge in [0.05, 0.1) is 11.0 Å². The fraction of sp³-hybridized carbons (Fsp3) is 0.176. The van der Waals surface area contributed by atoms with Gasteiger partial charge < -0.3 is 9.26 Å². The molecule has 2 aromatic carbocycles. The third-order valence-corrected chi connectivity index (χ3v) is 3.22. The van der Waals surface area contributed by atoms with Gasteiger partial charge in [-0.05, 0) is 44.2 Å². The molecule has 0 fully saturated rings. The van der Waals surface area contributed by atoms with E-state index in [9.17, 15) is 10.1 Å². The molecule has 0 amide bonds. The van der Waals surface area contributed by atoms with Crippen LogP contribution >= 0.6 is 0 Å². The molecule has 0 bridgehead atoms. The van der Waals surface area contributed by atoms with Gasteiger partial charge in [0.15, 0.2) is 0 Å². The SMILES string of the molecule is CC(C)Oc1cccc(-c2nc(-c3ccc([N+](=O)[O-])cc3)no2)c1. The molecule has 0 saturated carbocycles. The van der Waals surface area contributed by atoms with E-state index in [2.05, 4.69) is 10.1 Å². The molecule has 1 heterocycles. The minimum absolute atomic E-state index is 0.0148. The maximum absolute atomic E-state index is 10.7. The number of ether oxygens (including phenoxy) is 1. The number of nitro groups is 1. The van der Waals surface area contributed by atoms with Crippen molar-refractivity contribution in [3.05, 3.63) is 58.6 Å². The quantitative estimate of drug-likeness (QED) is 0.518. The largest absolute Gasteiger partial charge is 0.491 e. The molecule has 0 unspecified atom stereocenters. The normalized spacial score (nSPS) is 10.8. The van der Waals surface area contributed by atoms with E-state index in [1.54, 1.807) is 12.1 Å². The minimum atomic E-state index is -0.453. The molecular weight excluding hydrogens is 310 g/mol. The molecular formula is C17H15N3O4. The molecule has 0 aliphatic rings. The number of hydrogen-bond donors (Lipinski definition) is 0. The third kappa shape index (κ3) is 3.40. The van der Waals surface area contributed by atoms with E-state index in [0.717, 1.165) is 11.3 Å². The zero-order valence-corrected chi connectivity index (χ0v) is 13.2. The Morgan fingerprint density at radius 3 is 2.54 bits per heavy atom. The molecule has 0 radical (unpaired) electrons. The summed E-state index contributed by atoms with van der Waals surface area (Å²) < 4.78 is 10.9. The Morgan fingerprint density at radius 1 is 1.12 bits per heavy atom. The van der Waals surface area contributed by atoms with E-state index in [0.29, 0.717) is 17.3 Å². The predicted octanol–water partition coefficient (Wildman–Crippen LogP) is 4.10. The van der Waals surface area contributed by atoms with E-state index >= 15 is 0 Å². The highest BCUT2D eigenvalue weighted by molar-refractivity contribution is 5.61. The summed E-state index contributed by atoms with van der Waals surface area (Å²) in [6.07, 6.45) is 0.0682. The van der Waals surface area contributed by atoms with Gasteiger partial charge in [0, 0.05) is 23.3 Å². The van der Waals surface area contributed by atoms with E-state index in [4.69, 9.17) is 9.26 Å². The topological polar surface area (TPSA) is 91.3 Å². The lowest BCUT2D eigenvalue weighted by Gasteiger charge is -2.09. The van der Waals surface area contributed by atoms with Crippen molar-refractivity contribution in [2.24, 2.45) is 0 Å². The van der Waals surface area contributed by atoms with Gasteiger partial charge in [0.1, 0.15) is 5.75 Å². The molecule has 0 atom stereocenters. The third-order valence-electron chi connectivity index (χ3n) is 3.22. The first-order valence-electron chi connectivity index (χ1n) is 7.38. The highest BCUT2D eigenvalue weighted by Gasteiger charge is 2.13. The van der Waals surface area contributed by atoms with Gasteiger partial charge in [0.25, 0.3) is 11.6 Å². The van der Waals surface area contributed by atoms with Gasteiger partial charge in [-0.1, -0.05) is 11.2 Å². The van der Waals surface area contributed by atoms with Gasteiger partial charge in [-0.3, -0.25) is 10.1 Å². The van der Waals surface area contributed by atoms with Gasteiger partial charge in [-0.2, -0.15) is 4.98 Å². The molecule has 0 N–H and O–H groups in total. The molecule has 0 saturated heterocycles. The van der Waals surface area contributed by atoms with Gasteiger partial charge >= 0.3 is 0 Å². The molecule has 0 aliphatic heterocycles. The fourth-order valence-electron chi connectivity index (χ4n) is 2.16. The van der Waals surface area contributed by atoms with Crippen LogP contribution in [0.1, 0.15) is 13.8 Å². The van der Waals surface area contributed by atoms with E-state index < -0.39 is 4.92 Å². The Kier molecular flexibility index (Phi) is 4.24. The second-order valence-electron chi connectivity index (χ2n) is 5.42. The van der Waals surface area contributed by atoms with Crippen molar-refractivity contribution >= 4 is 5.69 Å². The van der Waals surface area contributed by atoms with Crippen LogP contribution in [0, 0.1) is 10.1 Å². The first-order valence-corrected chi connectivity index (χ1v) is 7.38. The van der Waals surface area contributed by atoms with Crippen molar-refractivity contribution < 1.29 is 14.2 Å². The number of non-ortho nitro benzene ring substituents is 1. The van der Waals surface area contributed by atoms with Gasteiger partial charge in [0.2, 0.25) is 5.82 Å². The van der Waals surface area contributed by atoms with Crippen LogP contribution in [0.4, 0.5) is 5.69 Å². The van der Waals surface area contributed by atoms with Crippen LogP contribution in [0.25, 0.3) is 22.8 Å². The van der Waals surface area contributed by atoms with Crippen LogP contribution in [-0.4, -0.2) is 21.2 Å². The van der Waals surface area contributed by atoms with E-state index in [-0.39, 0.29) is 11.8 Å². The van der Waals surface area contributed by atoms with E-state index in [1.807, 2.05) is 38.1 Å². The average molecular weight is 325 g/mol. The van der Waals surface area contributed by atoms with Crippen LogP contribution in [0.3, 0.4) is 0 Å². The van der Waals surface area contributed by atoms with Gasteiger partial charge in [-0.15, -0.1) is 0 Å². The maximum Gasteiger partial charge on any atom is 0.269 e. The van der Waals surface area contributed by atoms with Gasteiger partial charge in [-0.25, -0.2) is 0 Å². The zero-order chi connectivity index (χ0) is 17.1. The lowest BCUT2D eigenvalue weighted by Crippen LogP contribution is -2.05. The summed E-state index contributed by atoms with van der Waals surface area (Å²) in [5, 5.41) is 14.6. The Hall–Kier alpha value is -3.22. The summed E-state index contributed by atoms with van der Waals surface area (Å²) in [7, 11) is 0. The molecule has 3 rings (SSSR count). The van der Waals surface area contributed by atoms with Crippen LogP contribution in [-0.2, 0) is 0 Å². The predicted molar refractivity (Wildman–Crippen MR) is 87.6 cm³/mol. The Labute approximate surface area is 138 Å². The number of aromatic nitrogens is 2.